The highest BCUT2D eigenvalue weighted by Gasteiger charge is 2.25. The molecule has 1 fully saturated rings. The fraction of sp³-hybridized carbons (Fsp3) is 0.440. The third-order valence-corrected chi connectivity index (χ3v) is 7.34. The average Bonchev–Trinajstić information content (AvgIpc) is 3.10. The van der Waals surface area contributed by atoms with Gasteiger partial charge in [0, 0.05) is 35.5 Å². The Balaban J connectivity index is 1.59. The first-order chi connectivity index (χ1) is 16.5. The number of imidazole rings is 1. The lowest BCUT2D eigenvalue weighted by Gasteiger charge is -2.31. The summed E-state index contributed by atoms with van der Waals surface area (Å²) in [5.74, 6) is 7.75. The van der Waals surface area contributed by atoms with Crippen LogP contribution in [0.4, 0.5) is 11.6 Å². The van der Waals surface area contributed by atoms with Gasteiger partial charge in [0.25, 0.3) is 5.56 Å². The Bertz CT molecular complexity index is 1380. The second kappa shape index (κ2) is 9.65. The summed E-state index contributed by atoms with van der Waals surface area (Å²) in [6.45, 7) is 6.06. The summed E-state index contributed by atoms with van der Waals surface area (Å²) < 4.78 is 3.48. The minimum Gasteiger partial charge on any atom is -0.341 e. The van der Waals surface area contributed by atoms with Crippen molar-refractivity contribution in [3.63, 3.8) is 0 Å². The highest BCUT2D eigenvalue weighted by atomic mass is 32.2. The number of aromatic nitrogens is 4. The summed E-state index contributed by atoms with van der Waals surface area (Å²) in [6, 6.07) is 8.24. The number of aryl methyl sites for hydroxylation is 1. The van der Waals surface area contributed by atoms with Crippen molar-refractivity contribution < 1.29 is 0 Å². The first-order valence-electron chi connectivity index (χ1n) is 11.7. The molecule has 1 unspecified atom stereocenters. The molecule has 2 aromatic heterocycles. The van der Waals surface area contributed by atoms with Crippen LogP contribution in [-0.2, 0) is 13.1 Å². The van der Waals surface area contributed by atoms with Crippen molar-refractivity contribution >= 4 is 40.1 Å². The molecule has 2 N–H and O–H groups in total. The fourth-order valence-electron chi connectivity index (χ4n) is 4.62. The van der Waals surface area contributed by atoms with E-state index >= 15 is 0 Å². The van der Waals surface area contributed by atoms with Gasteiger partial charge in [-0.15, -0.1) is 17.7 Å². The molecule has 1 atom stereocenters. The van der Waals surface area contributed by atoms with E-state index in [4.69, 9.17) is 15.7 Å². The molecule has 1 aromatic carbocycles. The van der Waals surface area contributed by atoms with Crippen LogP contribution in [0.25, 0.3) is 11.0 Å². The van der Waals surface area contributed by atoms with Gasteiger partial charge in [0.15, 0.2) is 0 Å². The van der Waals surface area contributed by atoms with Crippen LogP contribution in [0.2, 0.25) is 0 Å². The quantitative estimate of drug-likeness (QED) is 0.583. The normalized spacial score (nSPS) is 18.1. The van der Waals surface area contributed by atoms with Crippen molar-refractivity contribution in [2.45, 2.75) is 57.1 Å². The average molecular weight is 476 g/mol. The van der Waals surface area contributed by atoms with Crippen LogP contribution in [-0.4, -0.2) is 49.9 Å². The first-order valence-corrected chi connectivity index (χ1v) is 12.7. The number of aliphatic imine (C=N–C) groups is 1. The third kappa shape index (κ3) is 4.36. The van der Waals surface area contributed by atoms with Crippen LogP contribution in [0, 0.1) is 18.8 Å². The molecule has 0 aliphatic carbocycles. The number of fused-ring (bicyclic) bond motifs is 2. The fourth-order valence-corrected chi connectivity index (χ4v) is 5.61. The largest absolute Gasteiger partial charge is 0.341 e. The van der Waals surface area contributed by atoms with E-state index in [0.717, 1.165) is 61.1 Å². The van der Waals surface area contributed by atoms with Crippen molar-refractivity contribution in [2.24, 2.45) is 10.7 Å². The predicted molar refractivity (Wildman–Crippen MR) is 138 cm³/mol. The molecule has 4 heterocycles. The van der Waals surface area contributed by atoms with Crippen molar-refractivity contribution in [1.82, 2.24) is 19.3 Å². The summed E-state index contributed by atoms with van der Waals surface area (Å²) in [4.78, 5) is 26.8. The van der Waals surface area contributed by atoms with Gasteiger partial charge in [-0.3, -0.25) is 14.4 Å². The number of hydrogen-bond acceptors (Lipinski definition) is 7. The van der Waals surface area contributed by atoms with Crippen LogP contribution in [0.15, 0.2) is 38.9 Å². The molecule has 2 aliphatic rings. The highest BCUT2D eigenvalue weighted by molar-refractivity contribution is 7.99. The summed E-state index contributed by atoms with van der Waals surface area (Å²) in [5, 5.41) is 4.64. The van der Waals surface area contributed by atoms with Gasteiger partial charge in [-0.2, -0.15) is 5.10 Å². The van der Waals surface area contributed by atoms with Crippen LogP contribution >= 0.6 is 11.8 Å². The Morgan fingerprint density at radius 2 is 2.15 bits per heavy atom. The Morgan fingerprint density at radius 1 is 1.29 bits per heavy atom. The number of thioether (sulfide) groups is 1. The Hall–Kier alpha value is -3.09. The van der Waals surface area contributed by atoms with Gasteiger partial charge < -0.3 is 10.6 Å². The number of hydrogen-bond donors (Lipinski definition) is 1. The van der Waals surface area contributed by atoms with E-state index in [0.29, 0.717) is 24.1 Å². The lowest BCUT2D eigenvalue weighted by molar-refractivity contribution is 0.496. The minimum atomic E-state index is -0.161. The molecule has 0 spiro atoms. The topological polar surface area (TPSA) is 94.3 Å². The maximum absolute atomic E-state index is 13.7. The van der Waals surface area contributed by atoms with E-state index in [1.807, 2.05) is 29.7 Å². The first kappa shape index (κ1) is 22.7. The Kier molecular flexibility index (Phi) is 6.44. The number of para-hydroxylation sites is 1. The highest BCUT2D eigenvalue weighted by Crippen LogP contribution is 2.33. The van der Waals surface area contributed by atoms with Gasteiger partial charge >= 0.3 is 0 Å². The summed E-state index contributed by atoms with van der Waals surface area (Å²) in [5.41, 5.74) is 9.90. The molecule has 0 bridgehead atoms. The molecule has 9 heteroatoms. The molecular formula is C25H29N7OS. The van der Waals surface area contributed by atoms with Crippen molar-refractivity contribution in [2.75, 3.05) is 23.7 Å². The van der Waals surface area contributed by atoms with E-state index in [-0.39, 0.29) is 11.6 Å². The van der Waals surface area contributed by atoms with E-state index in [1.165, 1.54) is 4.90 Å². The molecule has 176 valence electrons. The van der Waals surface area contributed by atoms with Crippen molar-refractivity contribution in [3.05, 3.63) is 40.3 Å². The lowest BCUT2D eigenvalue weighted by atomic mass is 10.1. The lowest BCUT2D eigenvalue weighted by Crippen LogP contribution is -2.44. The number of benzene rings is 1. The molecule has 0 amide bonds. The Morgan fingerprint density at radius 3 is 2.97 bits per heavy atom. The van der Waals surface area contributed by atoms with Gasteiger partial charge in [0.2, 0.25) is 5.95 Å². The molecule has 1 saturated heterocycles. The van der Waals surface area contributed by atoms with Gasteiger partial charge in [0.1, 0.15) is 11.0 Å². The summed E-state index contributed by atoms with van der Waals surface area (Å²) in [6.07, 6.45) is 2.81. The minimum absolute atomic E-state index is 0.101. The number of nitrogens with zero attached hydrogens (tertiary/aromatic N) is 6. The molecule has 0 saturated carbocycles. The zero-order chi connectivity index (χ0) is 23.7. The molecule has 3 aromatic rings. The summed E-state index contributed by atoms with van der Waals surface area (Å²) in [7, 11) is 0. The van der Waals surface area contributed by atoms with E-state index in [2.05, 4.69) is 27.9 Å². The summed E-state index contributed by atoms with van der Waals surface area (Å²) >= 11 is 1.80. The third-order valence-electron chi connectivity index (χ3n) is 6.28. The van der Waals surface area contributed by atoms with Crippen molar-refractivity contribution in [3.8, 4) is 11.8 Å². The van der Waals surface area contributed by atoms with Crippen LogP contribution in [0.3, 0.4) is 0 Å². The van der Waals surface area contributed by atoms with Crippen LogP contribution in [0.5, 0.6) is 0 Å². The standard InChI is InChI=1S/C25H29N7OS/c1-3-4-13-31-23-22(28-25(31)30-12-7-8-18(26)15-30)17(2)29-32(24(23)33)16-19-11-14-34-21-10-6-5-9-20(21)27-19/h5-6,9-10,18H,7-8,11-16,26H2,1-2H3. The zero-order valence-electron chi connectivity index (χ0n) is 19.6. The van der Waals surface area contributed by atoms with Gasteiger partial charge in [-0.05, 0) is 45.2 Å². The maximum atomic E-state index is 13.7. The van der Waals surface area contributed by atoms with E-state index in [9.17, 15) is 4.79 Å². The zero-order valence-corrected chi connectivity index (χ0v) is 20.4. The van der Waals surface area contributed by atoms with E-state index < -0.39 is 0 Å². The number of nitrogens with two attached hydrogens (primary N) is 1. The van der Waals surface area contributed by atoms with Crippen LogP contribution in [0.1, 0.15) is 31.9 Å². The molecule has 0 radical (unpaired) electrons. The molecule has 2 aliphatic heterocycles. The monoisotopic (exact) mass is 475 g/mol. The van der Waals surface area contributed by atoms with Crippen molar-refractivity contribution in [1.29, 1.82) is 0 Å². The van der Waals surface area contributed by atoms with E-state index in [1.54, 1.807) is 23.4 Å². The van der Waals surface area contributed by atoms with Crippen LogP contribution < -0.4 is 16.2 Å². The second-order valence-corrected chi connectivity index (χ2v) is 9.90. The molecular weight excluding hydrogens is 446 g/mol. The molecule has 5 rings (SSSR count). The number of anilines is 1. The maximum Gasteiger partial charge on any atom is 0.293 e. The molecule has 34 heavy (non-hydrogen) atoms. The van der Waals surface area contributed by atoms with Gasteiger partial charge in [0.05, 0.1) is 24.5 Å². The molecule has 8 nitrogen and oxygen atoms in total. The number of piperidine rings is 1. The second-order valence-electron chi connectivity index (χ2n) is 8.76. The predicted octanol–water partition coefficient (Wildman–Crippen LogP) is 3.12. The Labute approximate surface area is 203 Å². The van der Waals surface area contributed by atoms with Gasteiger partial charge in [-0.1, -0.05) is 18.1 Å². The van der Waals surface area contributed by atoms with Gasteiger partial charge in [-0.25, -0.2) is 9.67 Å². The smallest absolute Gasteiger partial charge is 0.293 e. The SMILES string of the molecule is CC#CCn1c(N2CCCC(N)C2)nc2c(C)nn(CC3=Nc4ccccc4SCC3)c(=O)c21. The number of rotatable bonds is 4.